The second-order valence-corrected chi connectivity index (χ2v) is 8.24. The van der Waals surface area contributed by atoms with Gasteiger partial charge in [-0.25, -0.2) is 14.4 Å². The van der Waals surface area contributed by atoms with Crippen molar-refractivity contribution in [3.8, 4) is 17.1 Å². The smallest absolute Gasteiger partial charge is 0.225 e. The van der Waals surface area contributed by atoms with Crippen LogP contribution in [0, 0.1) is 11.7 Å². The van der Waals surface area contributed by atoms with Gasteiger partial charge in [0.1, 0.15) is 17.4 Å². The largest absolute Gasteiger partial charge is 0.494 e. The average molecular weight is 449 g/mol. The van der Waals surface area contributed by atoms with Crippen LogP contribution in [-0.4, -0.2) is 35.6 Å². The number of piperidine rings is 1. The predicted octanol–water partition coefficient (Wildman–Crippen LogP) is 4.60. The molecule has 2 heterocycles. The summed E-state index contributed by atoms with van der Waals surface area (Å²) in [4.78, 5) is 23.9. The van der Waals surface area contributed by atoms with E-state index >= 15 is 0 Å². The van der Waals surface area contributed by atoms with E-state index < -0.39 is 0 Å². The molecule has 1 saturated heterocycles. The highest BCUT2D eigenvalue weighted by Gasteiger charge is 2.26. The Balaban J connectivity index is 1.35. The summed E-state index contributed by atoms with van der Waals surface area (Å²) in [7, 11) is 0. The van der Waals surface area contributed by atoms with Gasteiger partial charge in [0, 0.05) is 31.4 Å². The average Bonchev–Trinajstić information content (AvgIpc) is 2.87. The summed E-state index contributed by atoms with van der Waals surface area (Å²) in [6.45, 7) is 4.67. The highest BCUT2D eigenvalue weighted by Crippen LogP contribution is 2.24. The van der Waals surface area contributed by atoms with Gasteiger partial charge in [0.15, 0.2) is 5.82 Å². The number of halogens is 1. The van der Waals surface area contributed by atoms with Crippen LogP contribution < -0.4 is 15.0 Å². The molecule has 7 heteroatoms. The number of hydrogen-bond acceptors (Lipinski definition) is 5. The number of aromatic nitrogens is 2. The van der Waals surface area contributed by atoms with E-state index in [4.69, 9.17) is 4.74 Å². The molecule has 0 bridgehead atoms. The Morgan fingerprint density at radius 2 is 2.06 bits per heavy atom. The van der Waals surface area contributed by atoms with Crippen LogP contribution in [0.25, 0.3) is 11.4 Å². The van der Waals surface area contributed by atoms with Crippen molar-refractivity contribution in [1.82, 2.24) is 15.3 Å². The number of anilines is 1. The van der Waals surface area contributed by atoms with Gasteiger partial charge in [0.2, 0.25) is 5.91 Å². The molecule has 1 amide bonds. The second-order valence-electron chi connectivity index (χ2n) is 8.24. The summed E-state index contributed by atoms with van der Waals surface area (Å²) in [6, 6.07) is 15.9. The van der Waals surface area contributed by atoms with Crippen molar-refractivity contribution < 1.29 is 13.9 Å². The number of rotatable bonds is 8. The summed E-state index contributed by atoms with van der Waals surface area (Å²) >= 11 is 0. The molecule has 1 N–H and O–H groups in total. The van der Waals surface area contributed by atoms with E-state index in [1.54, 1.807) is 18.3 Å². The number of hydrogen-bond donors (Lipinski definition) is 1. The minimum absolute atomic E-state index is 0.0467. The minimum atomic E-state index is -0.320. The third-order valence-electron chi connectivity index (χ3n) is 5.70. The number of benzene rings is 2. The minimum Gasteiger partial charge on any atom is -0.494 e. The van der Waals surface area contributed by atoms with Crippen molar-refractivity contribution in [2.45, 2.75) is 32.7 Å². The fourth-order valence-electron chi connectivity index (χ4n) is 3.95. The molecule has 1 aliphatic rings. The van der Waals surface area contributed by atoms with Crippen LogP contribution in [0.4, 0.5) is 10.2 Å². The Bertz CT molecular complexity index is 1070. The molecule has 1 atom stereocenters. The third-order valence-corrected chi connectivity index (χ3v) is 5.70. The lowest BCUT2D eigenvalue weighted by Crippen LogP contribution is -2.43. The maximum Gasteiger partial charge on any atom is 0.225 e. The van der Waals surface area contributed by atoms with Crippen molar-refractivity contribution in [1.29, 1.82) is 0 Å². The van der Waals surface area contributed by atoms with Gasteiger partial charge in [0.25, 0.3) is 0 Å². The lowest BCUT2D eigenvalue weighted by molar-refractivity contribution is -0.125. The summed E-state index contributed by atoms with van der Waals surface area (Å²) < 4.78 is 19.2. The van der Waals surface area contributed by atoms with Gasteiger partial charge in [-0.05, 0) is 55.2 Å². The van der Waals surface area contributed by atoms with Crippen LogP contribution in [-0.2, 0) is 11.3 Å². The van der Waals surface area contributed by atoms with E-state index in [0.717, 1.165) is 42.9 Å². The highest BCUT2D eigenvalue weighted by molar-refractivity contribution is 5.79. The second kappa shape index (κ2) is 10.9. The Hall–Kier alpha value is -3.48. The molecule has 1 fully saturated rings. The van der Waals surface area contributed by atoms with Crippen molar-refractivity contribution >= 4 is 11.7 Å². The zero-order chi connectivity index (χ0) is 23.0. The number of nitrogens with one attached hydrogen (secondary N) is 1. The molecular formula is C26H29FN4O2. The third kappa shape index (κ3) is 6.06. The van der Waals surface area contributed by atoms with Gasteiger partial charge in [-0.3, -0.25) is 4.79 Å². The maximum atomic E-state index is 13.6. The van der Waals surface area contributed by atoms with Crippen LogP contribution >= 0.6 is 0 Å². The number of ether oxygens (including phenoxy) is 1. The standard InChI is InChI=1S/C26H29FN4O2/c1-2-15-33-23-10-8-19(9-11-23)17-29-26(32)21-6-4-14-31(18-21)24-12-13-28-25(30-24)20-5-3-7-22(27)16-20/h3,5,7-13,16,21H,2,4,6,14-15,17-18H2,1H3,(H,29,32). The highest BCUT2D eigenvalue weighted by atomic mass is 19.1. The number of amides is 1. The molecule has 6 nitrogen and oxygen atoms in total. The number of carbonyl (C=O) groups excluding carboxylic acids is 1. The fraction of sp³-hybridized carbons (Fsp3) is 0.346. The predicted molar refractivity (Wildman–Crippen MR) is 126 cm³/mol. The van der Waals surface area contributed by atoms with E-state index in [1.165, 1.54) is 12.1 Å². The first-order chi connectivity index (χ1) is 16.1. The van der Waals surface area contributed by atoms with Gasteiger partial charge in [-0.15, -0.1) is 0 Å². The molecule has 1 aromatic heterocycles. The van der Waals surface area contributed by atoms with Gasteiger partial charge in [-0.2, -0.15) is 0 Å². The number of nitrogens with zero attached hydrogens (tertiary/aromatic N) is 3. The van der Waals surface area contributed by atoms with Crippen molar-refractivity contribution in [3.05, 3.63) is 72.2 Å². The Morgan fingerprint density at radius 3 is 2.85 bits per heavy atom. The lowest BCUT2D eigenvalue weighted by Gasteiger charge is -2.33. The van der Waals surface area contributed by atoms with Crippen molar-refractivity contribution in [2.75, 3.05) is 24.6 Å². The van der Waals surface area contributed by atoms with Gasteiger partial charge < -0.3 is 15.0 Å². The summed E-state index contributed by atoms with van der Waals surface area (Å²) in [5.74, 6) is 1.69. The van der Waals surface area contributed by atoms with E-state index in [1.807, 2.05) is 30.3 Å². The molecule has 2 aromatic carbocycles. The first-order valence-corrected chi connectivity index (χ1v) is 11.5. The lowest BCUT2D eigenvalue weighted by atomic mass is 9.97. The Morgan fingerprint density at radius 1 is 1.21 bits per heavy atom. The summed E-state index contributed by atoms with van der Waals surface area (Å²) in [5.41, 5.74) is 1.67. The van der Waals surface area contributed by atoms with Gasteiger partial charge >= 0.3 is 0 Å². The molecule has 0 saturated carbocycles. The van der Waals surface area contributed by atoms with E-state index in [9.17, 15) is 9.18 Å². The molecule has 172 valence electrons. The summed E-state index contributed by atoms with van der Waals surface area (Å²) in [5, 5.41) is 3.07. The van der Waals surface area contributed by atoms with Crippen LogP contribution in [0.2, 0.25) is 0 Å². The van der Waals surface area contributed by atoms with E-state index in [2.05, 4.69) is 27.1 Å². The van der Waals surface area contributed by atoms with E-state index in [-0.39, 0.29) is 17.6 Å². The quantitative estimate of drug-likeness (QED) is 0.545. The molecule has 1 aliphatic heterocycles. The Kier molecular flexibility index (Phi) is 7.50. The van der Waals surface area contributed by atoms with Crippen LogP contribution in [0.15, 0.2) is 60.8 Å². The molecule has 33 heavy (non-hydrogen) atoms. The fourth-order valence-corrected chi connectivity index (χ4v) is 3.95. The Labute approximate surface area is 193 Å². The van der Waals surface area contributed by atoms with Gasteiger partial charge in [-0.1, -0.05) is 31.2 Å². The first-order valence-electron chi connectivity index (χ1n) is 11.5. The number of carbonyl (C=O) groups is 1. The molecule has 1 unspecified atom stereocenters. The normalized spacial score (nSPS) is 15.8. The topological polar surface area (TPSA) is 67.3 Å². The molecule has 4 rings (SSSR count). The first kappa shape index (κ1) is 22.7. The van der Waals surface area contributed by atoms with Crippen LogP contribution in [0.3, 0.4) is 0 Å². The van der Waals surface area contributed by atoms with Crippen LogP contribution in [0.1, 0.15) is 31.7 Å². The van der Waals surface area contributed by atoms with Crippen LogP contribution in [0.5, 0.6) is 5.75 Å². The molecular weight excluding hydrogens is 419 g/mol. The monoisotopic (exact) mass is 448 g/mol. The SMILES string of the molecule is CCCOc1ccc(CNC(=O)C2CCCN(c3ccnc(-c4cccc(F)c4)n3)C2)cc1. The van der Waals surface area contributed by atoms with Crippen molar-refractivity contribution in [2.24, 2.45) is 5.92 Å². The molecule has 0 radical (unpaired) electrons. The maximum absolute atomic E-state index is 13.6. The zero-order valence-electron chi connectivity index (χ0n) is 18.8. The molecule has 3 aromatic rings. The summed E-state index contributed by atoms with van der Waals surface area (Å²) in [6.07, 6.45) is 4.40. The molecule has 0 aliphatic carbocycles. The van der Waals surface area contributed by atoms with Crippen molar-refractivity contribution in [3.63, 3.8) is 0 Å². The zero-order valence-corrected chi connectivity index (χ0v) is 18.8. The van der Waals surface area contributed by atoms with E-state index in [0.29, 0.717) is 31.1 Å². The van der Waals surface area contributed by atoms with Gasteiger partial charge in [0.05, 0.1) is 12.5 Å². The molecule has 0 spiro atoms.